The van der Waals surface area contributed by atoms with Crippen molar-refractivity contribution in [3.8, 4) is 0 Å². The molecule has 2 heteroatoms. The van der Waals surface area contributed by atoms with E-state index in [1.165, 1.54) is 0 Å². The monoisotopic (exact) mass is 138 g/mol. The summed E-state index contributed by atoms with van der Waals surface area (Å²) in [5.41, 5.74) is 5.79. The molecule has 0 atom stereocenters. The van der Waals surface area contributed by atoms with Crippen LogP contribution in [0, 0.1) is 5.41 Å². The Morgan fingerprint density at radius 2 is 2.30 bits per heavy atom. The van der Waals surface area contributed by atoms with Crippen LogP contribution in [0.1, 0.15) is 20.3 Å². The average Bonchev–Trinajstić information content (AvgIpc) is 1.94. The van der Waals surface area contributed by atoms with Gasteiger partial charge in [0.25, 0.3) is 0 Å². The first kappa shape index (κ1) is 7.32. The molecule has 1 aliphatic rings. The molecular weight excluding hydrogens is 124 g/mol. The minimum atomic E-state index is 0.268. The maximum absolute atomic E-state index is 5.52. The zero-order chi connectivity index (χ0) is 7.61. The summed E-state index contributed by atoms with van der Waals surface area (Å²) >= 11 is 0. The highest BCUT2D eigenvalue weighted by Gasteiger charge is 2.14. The normalized spacial score (nSPS) is 23.6. The van der Waals surface area contributed by atoms with Gasteiger partial charge in [-0.25, -0.2) is 0 Å². The third kappa shape index (κ3) is 1.87. The Labute approximate surface area is 61.8 Å². The lowest BCUT2D eigenvalue weighted by molar-refractivity contribution is 0.449. The molecule has 0 unspecified atom stereocenters. The van der Waals surface area contributed by atoms with E-state index < -0.39 is 0 Å². The van der Waals surface area contributed by atoms with Crippen LogP contribution in [0.5, 0.6) is 0 Å². The van der Waals surface area contributed by atoms with Crippen LogP contribution >= 0.6 is 0 Å². The SMILES string of the molecule is CC1(C)C=CC(N)=NCC1. The third-order valence-electron chi connectivity index (χ3n) is 1.76. The molecule has 2 N–H and O–H groups in total. The smallest absolute Gasteiger partial charge is 0.117 e. The van der Waals surface area contributed by atoms with Crippen molar-refractivity contribution < 1.29 is 0 Å². The van der Waals surface area contributed by atoms with E-state index in [0.717, 1.165) is 13.0 Å². The summed E-state index contributed by atoms with van der Waals surface area (Å²) < 4.78 is 0. The Bertz CT molecular complexity index is 178. The standard InChI is InChI=1S/C8H14N2/c1-8(2)4-3-7(9)10-6-5-8/h3-4H,5-6H2,1-2H3,(H2,9,10). The second-order valence-corrected chi connectivity index (χ2v) is 3.38. The van der Waals surface area contributed by atoms with Gasteiger partial charge in [-0.1, -0.05) is 19.9 Å². The molecule has 10 heavy (non-hydrogen) atoms. The van der Waals surface area contributed by atoms with Gasteiger partial charge in [0.05, 0.1) is 0 Å². The van der Waals surface area contributed by atoms with E-state index in [1.54, 1.807) is 0 Å². The average molecular weight is 138 g/mol. The van der Waals surface area contributed by atoms with Gasteiger partial charge in [0, 0.05) is 6.54 Å². The van der Waals surface area contributed by atoms with Gasteiger partial charge < -0.3 is 5.73 Å². The number of nitrogens with zero attached hydrogens (tertiary/aromatic N) is 1. The quantitative estimate of drug-likeness (QED) is 0.539. The molecular formula is C8H14N2. The molecule has 0 aliphatic carbocycles. The fourth-order valence-electron chi connectivity index (χ4n) is 0.920. The minimum Gasteiger partial charge on any atom is -0.384 e. The molecule has 0 bridgehead atoms. The van der Waals surface area contributed by atoms with Crippen LogP contribution in [0.15, 0.2) is 17.1 Å². The summed E-state index contributed by atoms with van der Waals surface area (Å²) in [5, 5.41) is 0. The maximum atomic E-state index is 5.52. The number of aliphatic imine (C=N–C) groups is 1. The Morgan fingerprint density at radius 1 is 1.60 bits per heavy atom. The molecule has 1 aliphatic heterocycles. The lowest BCUT2D eigenvalue weighted by Crippen LogP contribution is -2.07. The molecule has 0 spiro atoms. The van der Waals surface area contributed by atoms with Crippen molar-refractivity contribution in [3.05, 3.63) is 12.2 Å². The molecule has 0 amide bonds. The Kier molecular flexibility index (Phi) is 1.79. The minimum absolute atomic E-state index is 0.268. The lowest BCUT2D eigenvalue weighted by Gasteiger charge is -2.16. The predicted octanol–water partition coefficient (Wildman–Crippen LogP) is 1.33. The molecule has 0 saturated carbocycles. The van der Waals surface area contributed by atoms with Gasteiger partial charge in [-0.05, 0) is 17.9 Å². The molecule has 1 heterocycles. The van der Waals surface area contributed by atoms with E-state index in [-0.39, 0.29) is 5.41 Å². The third-order valence-corrected chi connectivity index (χ3v) is 1.76. The number of nitrogens with two attached hydrogens (primary N) is 1. The summed E-state index contributed by atoms with van der Waals surface area (Å²) in [7, 11) is 0. The van der Waals surface area contributed by atoms with E-state index in [2.05, 4.69) is 24.9 Å². The molecule has 2 nitrogen and oxygen atoms in total. The van der Waals surface area contributed by atoms with Crippen LogP contribution in [0.3, 0.4) is 0 Å². The maximum Gasteiger partial charge on any atom is 0.117 e. The molecule has 0 aromatic heterocycles. The van der Waals surface area contributed by atoms with E-state index >= 15 is 0 Å². The second kappa shape index (κ2) is 2.45. The molecule has 0 radical (unpaired) electrons. The van der Waals surface area contributed by atoms with Gasteiger partial charge in [0.1, 0.15) is 5.84 Å². The predicted molar refractivity (Wildman–Crippen MR) is 44.0 cm³/mol. The molecule has 1 rings (SSSR count). The van der Waals surface area contributed by atoms with Gasteiger partial charge >= 0.3 is 0 Å². The van der Waals surface area contributed by atoms with E-state index in [9.17, 15) is 0 Å². The number of rotatable bonds is 0. The van der Waals surface area contributed by atoms with Crippen molar-refractivity contribution in [2.45, 2.75) is 20.3 Å². The second-order valence-electron chi connectivity index (χ2n) is 3.38. The van der Waals surface area contributed by atoms with E-state index in [0.29, 0.717) is 5.84 Å². The van der Waals surface area contributed by atoms with Crippen molar-refractivity contribution in [1.82, 2.24) is 0 Å². The Morgan fingerprint density at radius 3 is 3.00 bits per heavy atom. The van der Waals surface area contributed by atoms with Gasteiger partial charge in [0.2, 0.25) is 0 Å². The summed E-state index contributed by atoms with van der Waals surface area (Å²) in [6, 6.07) is 0. The van der Waals surface area contributed by atoms with Crippen LogP contribution in [0.25, 0.3) is 0 Å². The molecule has 0 fully saturated rings. The lowest BCUT2D eigenvalue weighted by atomic mass is 9.89. The van der Waals surface area contributed by atoms with Crippen LogP contribution in [-0.2, 0) is 0 Å². The highest BCUT2D eigenvalue weighted by Crippen LogP contribution is 2.23. The van der Waals surface area contributed by atoms with Gasteiger partial charge in [-0.15, -0.1) is 0 Å². The van der Waals surface area contributed by atoms with Crippen molar-refractivity contribution >= 4 is 5.84 Å². The summed E-state index contributed by atoms with van der Waals surface area (Å²) in [6.45, 7) is 5.24. The van der Waals surface area contributed by atoms with Crippen LogP contribution in [0.2, 0.25) is 0 Å². The zero-order valence-electron chi connectivity index (χ0n) is 6.59. The Balaban J connectivity index is 2.71. The van der Waals surface area contributed by atoms with Crippen molar-refractivity contribution in [1.29, 1.82) is 0 Å². The first-order valence-corrected chi connectivity index (χ1v) is 3.59. The van der Waals surface area contributed by atoms with Gasteiger partial charge in [0.15, 0.2) is 0 Å². The number of hydrogen-bond donors (Lipinski definition) is 1. The van der Waals surface area contributed by atoms with Crippen LogP contribution in [0.4, 0.5) is 0 Å². The van der Waals surface area contributed by atoms with Crippen molar-refractivity contribution in [2.24, 2.45) is 16.1 Å². The topological polar surface area (TPSA) is 38.4 Å². The van der Waals surface area contributed by atoms with Crippen molar-refractivity contribution in [2.75, 3.05) is 6.54 Å². The van der Waals surface area contributed by atoms with E-state index in [1.807, 2.05) is 6.08 Å². The van der Waals surface area contributed by atoms with Gasteiger partial charge in [-0.3, -0.25) is 4.99 Å². The summed E-state index contributed by atoms with van der Waals surface area (Å²) in [5.74, 6) is 0.658. The molecule has 0 aromatic carbocycles. The molecule has 0 saturated heterocycles. The fraction of sp³-hybridized carbons (Fsp3) is 0.625. The van der Waals surface area contributed by atoms with E-state index in [4.69, 9.17) is 5.73 Å². The largest absolute Gasteiger partial charge is 0.384 e. The highest BCUT2D eigenvalue weighted by atomic mass is 14.8. The molecule has 56 valence electrons. The van der Waals surface area contributed by atoms with Crippen LogP contribution in [-0.4, -0.2) is 12.4 Å². The molecule has 0 aromatic rings. The van der Waals surface area contributed by atoms with Gasteiger partial charge in [-0.2, -0.15) is 0 Å². The summed E-state index contributed by atoms with van der Waals surface area (Å²) in [6.07, 6.45) is 5.11. The fourth-order valence-corrected chi connectivity index (χ4v) is 0.920. The van der Waals surface area contributed by atoms with Crippen molar-refractivity contribution in [3.63, 3.8) is 0 Å². The summed E-state index contributed by atoms with van der Waals surface area (Å²) in [4.78, 5) is 4.13. The Hall–Kier alpha value is -0.790. The number of hydrogen-bond acceptors (Lipinski definition) is 2. The number of allylic oxidation sites excluding steroid dienone is 1. The zero-order valence-corrected chi connectivity index (χ0v) is 6.59. The first-order valence-electron chi connectivity index (χ1n) is 3.59. The number of amidine groups is 1. The van der Waals surface area contributed by atoms with Crippen LogP contribution < -0.4 is 5.73 Å². The first-order chi connectivity index (χ1) is 4.60. The highest BCUT2D eigenvalue weighted by molar-refractivity contribution is 5.91.